The summed E-state index contributed by atoms with van der Waals surface area (Å²) in [6.07, 6.45) is 0.620. The maximum atomic E-state index is 13.7. The second-order valence-corrected chi connectivity index (χ2v) is 9.28. The maximum absolute atomic E-state index is 13.7. The predicted molar refractivity (Wildman–Crippen MR) is 121 cm³/mol. The molecule has 0 fully saturated rings. The summed E-state index contributed by atoms with van der Waals surface area (Å²) in [4.78, 5) is 12.0. The van der Waals surface area contributed by atoms with E-state index in [0.29, 0.717) is 12.0 Å². The molecule has 6 heteroatoms. The summed E-state index contributed by atoms with van der Waals surface area (Å²) in [5, 5.41) is 0. The molecule has 0 aliphatic heterocycles. The van der Waals surface area contributed by atoms with Crippen LogP contribution < -0.4 is 0 Å². The fourth-order valence-electron chi connectivity index (χ4n) is 3.53. The molecule has 0 spiro atoms. The summed E-state index contributed by atoms with van der Waals surface area (Å²) < 4.78 is 33.7. The molecule has 3 aromatic carbocycles. The van der Waals surface area contributed by atoms with Crippen molar-refractivity contribution in [3.8, 4) is 0 Å². The Morgan fingerprint density at radius 3 is 2.10 bits per heavy atom. The number of aryl methyl sites for hydroxylation is 1. The minimum absolute atomic E-state index is 0.186. The topological polar surface area (TPSA) is 63.7 Å². The molecule has 0 aliphatic carbocycles. The molecular formula is C25H27NO4S. The van der Waals surface area contributed by atoms with Crippen molar-refractivity contribution in [3.63, 3.8) is 0 Å². The van der Waals surface area contributed by atoms with Gasteiger partial charge < -0.3 is 4.74 Å². The maximum Gasteiger partial charge on any atom is 0.337 e. The molecule has 0 saturated heterocycles. The Morgan fingerprint density at radius 2 is 1.55 bits per heavy atom. The first-order valence-corrected chi connectivity index (χ1v) is 11.6. The normalized spacial score (nSPS) is 12.5. The lowest BCUT2D eigenvalue weighted by molar-refractivity contribution is 0.0600. The van der Waals surface area contributed by atoms with Gasteiger partial charge in [0.15, 0.2) is 0 Å². The highest BCUT2D eigenvalue weighted by Gasteiger charge is 2.31. The van der Waals surface area contributed by atoms with Gasteiger partial charge in [0.25, 0.3) is 0 Å². The van der Waals surface area contributed by atoms with Crippen LogP contribution in [0.4, 0.5) is 0 Å². The lowest BCUT2D eigenvalue weighted by Crippen LogP contribution is -2.34. The fourth-order valence-corrected chi connectivity index (χ4v) is 5.21. The van der Waals surface area contributed by atoms with Crippen molar-refractivity contribution in [1.29, 1.82) is 0 Å². The zero-order chi connectivity index (χ0) is 22.4. The number of hydrogen-bond acceptors (Lipinski definition) is 4. The van der Waals surface area contributed by atoms with Crippen LogP contribution in [0.3, 0.4) is 0 Å². The number of ether oxygens (including phenoxy) is 1. The number of carbonyl (C=O) groups is 1. The molecule has 3 aromatic rings. The van der Waals surface area contributed by atoms with Crippen LogP contribution in [-0.4, -0.2) is 25.8 Å². The Kier molecular flexibility index (Phi) is 7.25. The first-order valence-electron chi connectivity index (χ1n) is 10.2. The van der Waals surface area contributed by atoms with E-state index in [1.165, 1.54) is 7.11 Å². The largest absolute Gasteiger partial charge is 0.465 e. The van der Waals surface area contributed by atoms with E-state index in [-0.39, 0.29) is 17.5 Å². The van der Waals surface area contributed by atoms with E-state index in [0.717, 1.165) is 16.7 Å². The minimum atomic E-state index is -3.76. The van der Waals surface area contributed by atoms with Gasteiger partial charge in [0, 0.05) is 6.54 Å². The Hall–Kier alpha value is -2.96. The van der Waals surface area contributed by atoms with Gasteiger partial charge >= 0.3 is 5.97 Å². The quantitative estimate of drug-likeness (QED) is 0.459. The van der Waals surface area contributed by atoms with Crippen LogP contribution in [0.5, 0.6) is 0 Å². The van der Waals surface area contributed by atoms with Gasteiger partial charge in [-0.25, -0.2) is 13.2 Å². The summed E-state index contributed by atoms with van der Waals surface area (Å²) in [7, 11) is -2.43. The average molecular weight is 438 g/mol. The van der Waals surface area contributed by atoms with Crippen molar-refractivity contribution in [1.82, 2.24) is 4.31 Å². The SMILES string of the molecule is CCC(c1ccccc1)N(Cc1ccc(C(=O)OC)cc1)S(=O)(=O)c1ccc(C)cc1. The second kappa shape index (κ2) is 9.90. The molecule has 1 unspecified atom stereocenters. The Labute approximate surface area is 184 Å². The number of sulfonamides is 1. The molecule has 31 heavy (non-hydrogen) atoms. The van der Waals surface area contributed by atoms with Gasteiger partial charge in [-0.2, -0.15) is 4.31 Å². The summed E-state index contributed by atoms with van der Waals surface area (Å²) in [5.41, 5.74) is 3.15. The lowest BCUT2D eigenvalue weighted by Gasteiger charge is -2.31. The van der Waals surface area contributed by atoms with Crippen LogP contribution in [-0.2, 0) is 21.3 Å². The third kappa shape index (κ3) is 5.21. The fraction of sp³-hybridized carbons (Fsp3) is 0.240. The molecule has 162 valence electrons. The Bertz CT molecular complexity index is 1110. The molecule has 3 rings (SSSR count). The van der Waals surface area contributed by atoms with Gasteiger partial charge in [0.2, 0.25) is 10.0 Å². The van der Waals surface area contributed by atoms with Gasteiger partial charge in [-0.15, -0.1) is 0 Å². The number of carbonyl (C=O) groups excluding carboxylic acids is 1. The van der Waals surface area contributed by atoms with E-state index in [9.17, 15) is 13.2 Å². The summed E-state index contributed by atoms with van der Waals surface area (Å²) in [6.45, 7) is 4.09. The number of methoxy groups -OCH3 is 1. The van der Waals surface area contributed by atoms with Crippen molar-refractivity contribution >= 4 is 16.0 Å². The lowest BCUT2D eigenvalue weighted by atomic mass is 10.0. The Balaban J connectivity index is 2.03. The standard InChI is InChI=1S/C25H27NO4S/c1-4-24(21-8-6-5-7-9-21)26(31(28,29)23-16-10-19(2)11-17-23)18-20-12-14-22(15-13-20)25(27)30-3/h5-17,24H,4,18H2,1-3H3. The molecule has 1 atom stereocenters. The van der Waals surface area contributed by atoms with Gasteiger partial charge in [-0.3, -0.25) is 0 Å². The molecule has 0 aromatic heterocycles. The van der Waals surface area contributed by atoms with Crippen LogP contribution in [0.2, 0.25) is 0 Å². The zero-order valence-electron chi connectivity index (χ0n) is 18.0. The van der Waals surface area contributed by atoms with Gasteiger partial charge in [0.05, 0.1) is 23.6 Å². The average Bonchev–Trinajstić information content (AvgIpc) is 2.80. The second-order valence-electron chi connectivity index (χ2n) is 7.39. The van der Waals surface area contributed by atoms with Gasteiger partial charge in [0.1, 0.15) is 0 Å². The third-order valence-electron chi connectivity index (χ3n) is 5.26. The van der Waals surface area contributed by atoms with Crippen LogP contribution in [0.15, 0.2) is 83.8 Å². The Morgan fingerprint density at radius 1 is 0.935 bits per heavy atom. The zero-order valence-corrected chi connectivity index (χ0v) is 18.8. The van der Waals surface area contributed by atoms with E-state index in [1.54, 1.807) is 52.8 Å². The highest BCUT2D eigenvalue weighted by molar-refractivity contribution is 7.89. The molecule has 0 heterocycles. The van der Waals surface area contributed by atoms with E-state index < -0.39 is 16.0 Å². The number of nitrogens with zero attached hydrogens (tertiary/aromatic N) is 1. The van der Waals surface area contributed by atoms with Crippen LogP contribution in [0.25, 0.3) is 0 Å². The van der Waals surface area contributed by atoms with E-state index in [4.69, 9.17) is 4.74 Å². The molecule has 0 saturated carbocycles. The molecule has 0 aliphatic rings. The summed E-state index contributed by atoms with van der Waals surface area (Å²) in [6, 6.07) is 23.1. The van der Waals surface area contributed by atoms with Crippen LogP contribution >= 0.6 is 0 Å². The summed E-state index contributed by atoms with van der Waals surface area (Å²) >= 11 is 0. The van der Waals surface area contributed by atoms with E-state index >= 15 is 0 Å². The predicted octanol–water partition coefficient (Wildman–Crippen LogP) is 5.12. The molecule has 0 amide bonds. The smallest absolute Gasteiger partial charge is 0.337 e. The number of benzene rings is 3. The van der Waals surface area contributed by atoms with Crippen LogP contribution in [0.1, 0.15) is 46.4 Å². The van der Waals surface area contributed by atoms with Crippen molar-refractivity contribution in [2.75, 3.05) is 7.11 Å². The van der Waals surface area contributed by atoms with E-state index in [1.807, 2.05) is 44.2 Å². The summed E-state index contributed by atoms with van der Waals surface area (Å²) in [5.74, 6) is -0.425. The highest BCUT2D eigenvalue weighted by Crippen LogP contribution is 2.32. The third-order valence-corrected chi connectivity index (χ3v) is 7.13. The number of esters is 1. The number of hydrogen-bond donors (Lipinski definition) is 0. The van der Waals surface area contributed by atoms with Crippen molar-refractivity contribution in [3.05, 3.63) is 101 Å². The first-order chi connectivity index (χ1) is 14.9. The monoisotopic (exact) mass is 437 g/mol. The van der Waals surface area contributed by atoms with Crippen molar-refractivity contribution < 1.29 is 17.9 Å². The molecule has 5 nitrogen and oxygen atoms in total. The molecule has 0 N–H and O–H groups in total. The minimum Gasteiger partial charge on any atom is -0.465 e. The van der Waals surface area contributed by atoms with Crippen LogP contribution in [0, 0.1) is 6.92 Å². The van der Waals surface area contributed by atoms with Crippen molar-refractivity contribution in [2.24, 2.45) is 0 Å². The molecular weight excluding hydrogens is 410 g/mol. The highest BCUT2D eigenvalue weighted by atomic mass is 32.2. The van der Waals surface area contributed by atoms with Gasteiger partial charge in [-0.05, 0) is 48.7 Å². The number of rotatable bonds is 8. The van der Waals surface area contributed by atoms with Gasteiger partial charge in [-0.1, -0.05) is 67.1 Å². The first kappa shape index (κ1) is 22.7. The van der Waals surface area contributed by atoms with Crippen molar-refractivity contribution in [2.45, 2.75) is 37.8 Å². The van der Waals surface area contributed by atoms with E-state index in [2.05, 4.69) is 0 Å². The molecule has 0 radical (unpaired) electrons. The molecule has 0 bridgehead atoms.